The van der Waals surface area contributed by atoms with E-state index in [2.05, 4.69) is 9.72 Å². The Kier molecular flexibility index (Phi) is 4.85. The number of carbonyl (C=O) groups excluding carboxylic acids is 1. The van der Waals surface area contributed by atoms with Crippen LogP contribution >= 0.6 is 0 Å². The third kappa shape index (κ3) is 3.21. The second-order valence-electron chi connectivity index (χ2n) is 3.95. The first-order valence-corrected chi connectivity index (χ1v) is 5.56. The number of aliphatic hydroxyl groups excluding tert-OH is 1. The van der Waals surface area contributed by atoms with Crippen LogP contribution in [0.3, 0.4) is 0 Å². The predicted octanol–water partition coefficient (Wildman–Crippen LogP) is -0.398. The van der Waals surface area contributed by atoms with Gasteiger partial charge in [-0.2, -0.15) is 0 Å². The molecule has 0 fully saturated rings. The summed E-state index contributed by atoms with van der Waals surface area (Å²) in [7, 11) is 2.87. The summed E-state index contributed by atoms with van der Waals surface area (Å²) in [5.41, 5.74) is 7.79. The molecule has 1 rings (SSSR count). The third-order valence-electron chi connectivity index (χ3n) is 2.65. The van der Waals surface area contributed by atoms with Crippen molar-refractivity contribution in [2.75, 3.05) is 20.8 Å². The predicted molar refractivity (Wildman–Crippen MR) is 70.5 cm³/mol. The van der Waals surface area contributed by atoms with Crippen molar-refractivity contribution in [2.24, 2.45) is 11.6 Å². The van der Waals surface area contributed by atoms with Crippen LogP contribution in [0.25, 0.3) is 5.70 Å². The van der Waals surface area contributed by atoms with Crippen LogP contribution in [-0.2, 0) is 4.74 Å². The monoisotopic (exact) mass is 266 g/mol. The molecule has 0 aliphatic heterocycles. The number of aryl methyl sites for hydroxylation is 1. The number of hydrazine groups is 1. The van der Waals surface area contributed by atoms with Gasteiger partial charge in [-0.25, -0.2) is 10.6 Å². The number of aliphatic hydroxyl groups is 1. The smallest absolute Gasteiger partial charge is 0.339 e. The van der Waals surface area contributed by atoms with Crippen molar-refractivity contribution in [3.05, 3.63) is 34.8 Å². The van der Waals surface area contributed by atoms with Crippen molar-refractivity contribution in [3.8, 4) is 0 Å². The van der Waals surface area contributed by atoms with Crippen LogP contribution in [0.5, 0.6) is 0 Å². The van der Waals surface area contributed by atoms with Gasteiger partial charge in [-0.1, -0.05) is 0 Å². The lowest BCUT2D eigenvalue weighted by atomic mass is 10.1. The Balaban J connectivity index is 3.24. The van der Waals surface area contributed by atoms with Gasteiger partial charge in [-0.3, -0.25) is 4.98 Å². The second-order valence-corrected chi connectivity index (χ2v) is 3.95. The van der Waals surface area contributed by atoms with Gasteiger partial charge in [0.2, 0.25) is 0 Å². The Bertz CT molecular complexity index is 512. The Morgan fingerprint density at radius 2 is 2.16 bits per heavy atom. The van der Waals surface area contributed by atoms with Gasteiger partial charge >= 0.3 is 5.97 Å². The van der Waals surface area contributed by atoms with Gasteiger partial charge in [0, 0.05) is 7.05 Å². The van der Waals surface area contributed by atoms with Crippen LogP contribution in [0, 0.1) is 6.92 Å². The van der Waals surface area contributed by atoms with Crippen molar-refractivity contribution in [2.45, 2.75) is 6.92 Å². The molecule has 0 bridgehead atoms. The number of ether oxygens (including phenoxy) is 1. The molecular formula is C12H18N4O3. The van der Waals surface area contributed by atoms with E-state index in [1.165, 1.54) is 12.1 Å². The fourth-order valence-electron chi connectivity index (χ4n) is 1.57. The number of pyridine rings is 1. The first-order valence-electron chi connectivity index (χ1n) is 5.56. The summed E-state index contributed by atoms with van der Waals surface area (Å²) in [5.74, 6) is 5.10. The number of carbonyl (C=O) groups is 1. The normalized spacial score (nSPS) is 11.8. The zero-order chi connectivity index (χ0) is 14.6. The largest absolute Gasteiger partial charge is 0.465 e. The van der Waals surface area contributed by atoms with Gasteiger partial charge < -0.3 is 20.6 Å². The quantitative estimate of drug-likeness (QED) is 0.386. The number of hydrogen-bond acceptors (Lipinski definition) is 7. The fraction of sp³-hybridized carbons (Fsp3) is 0.333. The molecule has 0 atom stereocenters. The SMILES string of the molecule is COC(=O)c1ccc(/C(N)=C(\CO)N(C)N)nc1C. The Morgan fingerprint density at radius 1 is 1.53 bits per heavy atom. The number of esters is 1. The maximum atomic E-state index is 11.4. The summed E-state index contributed by atoms with van der Waals surface area (Å²) in [6.07, 6.45) is 0. The van der Waals surface area contributed by atoms with Gasteiger partial charge in [0.15, 0.2) is 0 Å². The molecule has 0 aromatic carbocycles. The van der Waals surface area contributed by atoms with Crippen molar-refractivity contribution in [3.63, 3.8) is 0 Å². The van der Waals surface area contributed by atoms with E-state index in [0.29, 0.717) is 22.6 Å². The lowest BCUT2D eigenvalue weighted by Gasteiger charge is -2.17. The topological polar surface area (TPSA) is 115 Å². The minimum absolute atomic E-state index is 0.256. The molecule has 0 aliphatic carbocycles. The zero-order valence-corrected chi connectivity index (χ0v) is 11.2. The molecule has 0 amide bonds. The number of rotatable bonds is 4. The first kappa shape index (κ1) is 14.9. The van der Waals surface area contributed by atoms with Crippen LogP contribution in [-0.4, -0.2) is 41.8 Å². The Hall–Kier alpha value is -2.12. The molecule has 0 aliphatic rings. The first-order chi connectivity index (χ1) is 8.92. The highest BCUT2D eigenvalue weighted by atomic mass is 16.5. The van der Waals surface area contributed by atoms with E-state index in [9.17, 15) is 9.90 Å². The molecule has 0 spiro atoms. The van der Waals surface area contributed by atoms with Crippen molar-refractivity contribution in [1.29, 1.82) is 0 Å². The molecule has 7 heteroatoms. The van der Waals surface area contributed by atoms with Crippen LogP contribution in [0.1, 0.15) is 21.7 Å². The number of methoxy groups -OCH3 is 1. The van der Waals surface area contributed by atoms with Crippen LogP contribution in [0.2, 0.25) is 0 Å². The van der Waals surface area contributed by atoms with Crippen molar-refractivity contribution >= 4 is 11.7 Å². The molecule has 1 aromatic rings. The number of hydrogen-bond donors (Lipinski definition) is 3. The van der Waals surface area contributed by atoms with E-state index in [-0.39, 0.29) is 12.3 Å². The van der Waals surface area contributed by atoms with E-state index in [0.717, 1.165) is 0 Å². The maximum absolute atomic E-state index is 11.4. The van der Waals surface area contributed by atoms with Crippen LogP contribution in [0.4, 0.5) is 0 Å². The average molecular weight is 266 g/mol. The van der Waals surface area contributed by atoms with Crippen molar-refractivity contribution in [1.82, 2.24) is 9.99 Å². The number of likely N-dealkylation sites (N-methyl/N-ethyl adjacent to an activating group) is 1. The lowest BCUT2D eigenvalue weighted by molar-refractivity contribution is 0.0599. The van der Waals surface area contributed by atoms with Gasteiger partial charge in [0.25, 0.3) is 0 Å². The summed E-state index contributed by atoms with van der Waals surface area (Å²) in [6.45, 7) is 1.37. The molecule has 7 nitrogen and oxygen atoms in total. The molecule has 1 aromatic heterocycles. The van der Waals surface area contributed by atoms with Crippen LogP contribution in [0.15, 0.2) is 17.8 Å². The van der Waals surface area contributed by atoms with Crippen molar-refractivity contribution < 1.29 is 14.6 Å². The Morgan fingerprint density at radius 3 is 2.58 bits per heavy atom. The summed E-state index contributed by atoms with van der Waals surface area (Å²) >= 11 is 0. The minimum atomic E-state index is -0.461. The molecular weight excluding hydrogens is 248 g/mol. The second kappa shape index (κ2) is 6.17. The Labute approximate surface area is 111 Å². The summed E-state index contributed by atoms with van der Waals surface area (Å²) in [6, 6.07) is 3.15. The van der Waals surface area contributed by atoms with E-state index >= 15 is 0 Å². The standard InChI is InChI=1S/C12H18N4O3/c1-7-8(12(18)19-3)4-5-9(15-7)11(13)10(6-17)16(2)14/h4-5,17H,6,13-14H2,1-3H3/b11-10-. The van der Waals surface area contributed by atoms with Gasteiger partial charge in [-0.05, 0) is 19.1 Å². The zero-order valence-electron chi connectivity index (χ0n) is 11.2. The minimum Gasteiger partial charge on any atom is -0.465 e. The lowest BCUT2D eigenvalue weighted by Crippen LogP contribution is -2.29. The highest BCUT2D eigenvalue weighted by Gasteiger charge is 2.14. The molecule has 104 valence electrons. The highest BCUT2D eigenvalue weighted by molar-refractivity contribution is 5.90. The summed E-state index contributed by atoms with van der Waals surface area (Å²) in [4.78, 5) is 15.7. The third-order valence-corrected chi connectivity index (χ3v) is 2.65. The molecule has 5 N–H and O–H groups in total. The molecule has 0 saturated carbocycles. The number of nitrogens with two attached hydrogens (primary N) is 2. The van der Waals surface area contributed by atoms with Gasteiger partial charge in [0.1, 0.15) is 0 Å². The van der Waals surface area contributed by atoms with E-state index in [1.807, 2.05) is 0 Å². The van der Waals surface area contributed by atoms with Crippen LogP contribution < -0.4 is 11.6 Å². The number of aromatic nitrogens is 1. The molecule has 0 radical (unpaired) electrons. The van der Waals surface area contributed by atoms with E-state index in [4.69, 9.17) is 11.6 Å². The fourth-order valence-corrected chi connectivity index (χ4v) is 1.57. The molecule has 0 unspecified atom stereocenters. The van der Waals surface area contributed by atoms with E-state index in [1.54, 1.807) is 26.1 Å². The van der Waals surface area contributed by atoms with Gasteiger partial charge in [0.05, 0.1) is 42.1 Å². The maximum Gasteiger partial charge on any atom is 0.339 e. The number of nitrogens with zero attached hydrogens (tertiary/aromatic N) is 2. The summed E-state index contributed by atoms with van der Waals surface area (Å²) < 4.78 is 4.63. The van der Waals surface area contributed by atoms with E-state index < -0.39 is 5.97 Å². The molecule has 19 heavy (non-hydrogen) atoms. The molecule has 0 saturated heterocycles. The molecule has 1 heterocycles. The summed E-state index contributed by atoms with van der Waals surface area (Å²) in [5, 5.41) is 10.4. The highest BCUT2D eigenvalue weighted by Crippen LogP contribution is 2.15. The van der Waals surface area contributed by atoms with Gasteiger partial charge in [-0.15, -0.1) is 0 Å². The average Bonchev–Trinajstić information content (AvgIpc) is 2.37.